The van der Waals surface area contributed by atoms with Crippen molar-refractivity contribution in [2.45, 2.75) is 12.5 Å². The Morgan fingerprint density at radius 1 is 1.06 bits per heavy atom. The zero-order chi connectivity index (χ0) is 22.8. The molecule has 0 spiro atoms. The average Bonchev–Trinajstić information content (AvgIpc) is 3.37. The lowest BCUT2D eigenvalue weighted by Crippen LogP contribution is -2.22. The van der Waals surface area contributed by atoms with Crippen molar-refractivity contribution in [3.63, 3.8) is 0 Å². The summed E-state index contributed by atoms with van der Waals surface area (Å²) in [5.74, 6) is -2.61. The molecule has 162 valence electrons. The lowest BCUT2D eigenvalue weighted by molar-refractivity contribution is -0.147. The van der Waals surface area contributed by atoms with Gasteiger partial charge in [0.1, 0.15) is 11.5 Å². The Kier molecular flexibility index (Phi) is 5.46. The van der Waals surface area contributed by atoms with Crippen molar-refractivity contribution in [3.8, 4) is 34.0 Å². The van der Waals surface area contributed by atoms with E-state index in [4.69, 9.17) is 5.11 Å². The Morgan fingerprint density at radius 2 is 1.75 bits per heavy atom. The molecule has 0 aliphatic rings. The van der Waals surface area contributed by atoms with Crippen LogP contribution < -0.4 is 0 Å². The fourth-order valence-electron chi connectivity index (χ4n) is 3.37. The van der Waals surface area contributed by atoms with Gasteiger partial charge in [0, 0.05) is 30.6 Å². The van der Waals surface area contributed by atoms with Gasteiger partial charge in [-0.2, -0.15) is 0 Å². The van der Waals surface area contributed by atoms with Crippen LogP contribution in [0.15, 0.2) is 55.0 Å². The number of benzene rings is 1. The van der Waals surface area contributed by atoms with Crippen molar-refractivity contribution >= 4 is 11.9 Å². The fraction of sp³-hybridized carbons (Fsp3) is 0.143. The SMILES string of the molecule is Cn1c(-c2cn([C@@H](CC(=O)O)C(=O)O)nn2)nc(-c2ccc(F)cc2)c1-c1ccncc1. The molecule has 4 rings (SSSR count). The lowest BCUT2D eigenvalue weighted by Gasteiger charge is -2.08. The second-order valence-corrected chi connectivity index (χ2v) is 6.97. The molecule has 0 aliphatic carbocycles. The van der Waals surface area contributed by atoms with Gasteiger partial charge in [0.05, 0.1) is 24.0 Å². The maximum Gasteiger partial charge on any atom is 0.329 e. The van der Waals surface area contributed by atoms with Crippen molar-refractivity contribution < 1.29 is 24.2 Å². The number of imidazole rings is 1. The third-order valence-electron chi connectivity index (χ3n) is 4.88. The number of carboxylic acid groups (broad SMARTS) is 2. The molecule has 0 saturated carbocycles. The molecule has 3 heterocycles. The summed E-state index contributed by atoms with van der Waals surface area (Å²) in [6, 6.07) is 8.08. The molecule has 0 radical (unpaired) electrons. The minimum Gasteiger partial charge on any atom is -0.481 e. The Morgan fingerprint density at radius 3 is 2.38 bits per heavy atom. The first-order chi connectivity index (χ1) is 15.3. The monoisotopic (exact) mass is 436 g/mol. The van der Waals surface area contributed by atoms with Gasteiger partial charge in [0.2, 0.25) is 0 Å². The number of aromatic nitrogens is 6. The lowest BCUT2D eigenvalue weighted by atomic mass is 10.1. The van der Waals surface area contributed by atoms with Gasteiger partial charge >= 0.3 is 11.9 Å². The van der Waals surface area contributed by atoms with Crippen LogP contribution in [0, 0.1) is 5.82 Å². The number of nitrogens with zero attached hydrogens (tertiary/aromatic N) is 6. The Hall–Kier alpha value is -4.41. The predicted molar refractivity (Wildman–Crippen MR) is 110 cm³/mol. The molecular formula is C21H17FN6O4. The first-order valence-electron chi connectivity index (χ1n) is 9.45. The highest BCUT2D eigenvalue weighted by Gasteiger charge is 2.26. The molecular weight excluding hydrogens is 419 g/mol. The molecule has 0 saturated heterocycles. The van der Waals surface area contributed by atoms with E-state index in [-0.39, 0.29) is 11.5 Å². The van der Waals surface area contributed by atoms with E-state index in [1.807, 2.05) is 0 Å². The molecule has 4 aromatic rings. The van der Waals surface area contributed by atoms with Crippen LogP contribution in [0.1, 0.15) is 12.5 Å². The van der Waals surface area contributed by atoms with E-state index in [1.165, 1.54) is 18.3 Å². The summed E-state index contributed by atoms with van der Waals surface area (Å²) in [4.78, 5) is 31.2. The molecule has 1 atom stereocenters. The number of rotatable bonds is 7. The summed E-state index contributed by atoms with van der Waals surface area (Å²) in [5.41, 5.74) is 3.00. The molecule has 0 amide bonds. The van der Waals surface area contributed by atoms with Gasteiger partial charge in [-0.3, -0.25) is 9.78 Å². The molecule has 0 bridgehead atoms. The third kappa shape index (κ3) is 3.95. The van der Waals surface area contributed by atoms with Crippen LogP contribution in [-0.2, 0) is 16.6 Å². The van der Waals surface area contributed by atoms with Gasteiger partial charge in [0.25, 0.3) is 0 Å². The maximum atomic E-state index is 13.5. The smallest absolute Gasteiger partial charge is 0.329 e. The Balaban J connectivity index is 1.84. The number of carbonyl (C=O) groups is 2. The molecule has 11 heteroatoms. The molecule has 0 aliphatic heterocycles. The van der Waals surface area contributed by atoms with Gasteiger partial charge in [0.15, 0.2) is 11.9 Å². The third-order valence-corrected chi connectivity index (χ3v) is 4.88. The topological polar surface area (TPSA) is 136 Å². The summed E-state index contributed by atoms with van der Waals surface area (Å²) >= 11 is 0. The van der Waals surface area contributed by atoms with Crippen molar-refractivity contribution in [2.24, 2.45) is 7.05 Å². The zero-order valence-corrected chi connectivity index (χ0v) is 16.8. The van der Waals surface area contributed by atoms with Gasteiger partial charge in [-0.25, -0.2) is 18.9 Å². The summed E-state index contributed by atoms with van der Waals surface area (Å²) in [6.45, 7) is 0. The highest BCUT2D eigenvalue weighted by atomic mass is 19.1. The first kappa shape index (κ1) is 20.8. The largest absolute Gasteiger partial charge is 0.481 e. The van der Waals surface area contributed by atoms with Gasteiger partial charge in [-0.05, 0) is 36.4 Å². The van der Waals surface area contributed by atoms with Gasteiger partial charge < -0.3 is 14.8 Å². The molecule has 32 heavy (non-hydrogen) atoms. The summed E-state index contributed by atoms with van der Waals surface area (Å²) in [6.07, 6.45) is 3.96. The van der Waals surface area contributed by atoms with Crippen LogP contribution in [0.5, 0.6) is 0 Å². The van der Waals surface area contributed by atoms with E-state index in [2.05, 4.69) is 20.3 Å². The van der Waals surface area contributed by atoms with E-state index >= 15 is 0 Å². The van der Waals surface area contributed by atoms with Crippen LogP contribution >= 0.6 is 0 Å². The summed E-state index contributed by atoms with van der Waals surface area (Å²) < 4.78 is 16.2. The van der Waals surface area contributed by atoms with Crippen molar-refractivity contribution in [1.29, 1.82) is 0 Å². The number of hydrogen-bond donors (Lipinski definition) is 2. The van der Waals surface area contributed by atoms with E-state index in [9.17, 15) is 19.1 Å². The number of carboxylic acids is 2. The molecule has 3 aromatic heterocycles. The predicted octanol–water partition coefficient (Wildman–Crippen LogP) is 2.65. The van der Waals surface area contributed by atoms with Crippen molar-refractivity contribution in [3.05, 3.63) is 60.8 Å². The second kappa shape index (κ2) is 8.38. The molecule has 0 unspecified atom stereocenters. The second-order valence-electron chi connectivity index (χ2n) is 6.97. The van der Waals surface area contributed by atoms with Crippen LogP contribution in [0.25, 0.3) is 34.0 Å². The minimum absolute atomic E-state index is 0.257. The molecule has 0 fully saturated rings. The first-order valence-corrected chi connectivity index (χ1v) is 9.45. The molecule has 10 nitrogen and oxygen atoms in total. The van der Waals surface area contributed by atoms with Crippen molar-refractivity contribution in [2.75, 3.05) is 0 Å². The van der Waals surface area contributed by atoms with Crippen LogP contribution in [-0.4, -0.2) is 51.7 Å². The summed E-state index contributed by atoms with van der Waals surface area (Å²) in [7, 11) is 1.76. The standard InChI is InChI=1S/C21H17FN6O4/c1-27-19(13-6-8-23-9-7-13)18(12-2-4-14(22)5-3-12)24-20(27)15-11-28(26-25-15)16(21(31)32)10-17(29)30/h2-9,11,16H,10H2,1H3,(H,29,30)(H,31,32)/t16-/m0/s1. The number of halogens is 1. The highest BCUT2D eigenvalue weighted by molar-refractivity contribution is 5.82. The normalized spacial score (nSPS) is 11.9. The van der Waals surface area contributed by atoms with E-state index in [0.717, 1.165) is 10.2 Å². The Labute approximate surface area is 180 Å². The average molecular weight is 436 g/mol. The minimum atomic E-state index is -1.41. The fourth-order valence-corrected chi connectivity index (χ4v) is 3.37. The van der Waals surface area contributed by atoms with E-state index < -0.39 is 24.4 Å². The van der Waals surface area contributed by atoms with Crippen LogP contribution in [0.2, 0.25) is 0 Å². The maximum absolute atomic E-state index is 13.5. The zero-order valence-electron chi connectivity index (χ0n) is 16.8. The number of hydrogen-bond acceptors (Lipinski definition) is 6. The van der Waals surface area contributed by atoms with E-state index in [1.54, 1.807) is 48.3 Å². The highest BCUT2D eigenvalue weighted by Crippen LogP contribution is 2.35. The van der Waals surface area contributed by atoms with E-state index in [0.29, 0.717) is 22.8 Å². The van der Waals surface area contributed by atoms with Crippen molar-refractivity contribution in [1.82, 2.24) is 29.5 Å². The number of aliphatic carboxylic acids is 2. The number of pyridine rings is 1. The molecule has 2 N–H and O–H groups in total. The molecule has 1 aromatic carbocycles. The van der Waals surface area contributed by atoms with Gasteiger partial charge in [-0.1, -0.05) is 5.21 Å². The summed E-state index contributed by atoms with van der Waals surface area (Å²) in [5, 5.41) is 26.2. The Bertz CT molecular complexity index is 1280. The van der Waals surface area contributed by atoms with Crippen LogP contribution in [0.3, 0.4) is 0 Å². The van der Waals surface area contributed by atoms with Crippen LogP contribution in [0.4, 0.5) is 4.39 Å². The van der Waals surface area contributed by atoms with Gasteiger partial charge in [-0.15, -0.1) is 5.10 Å². The quantitative estimate of drug-likeness (QED) is 0.451.